The first kappa shape index (κ1) is 13.8. The number of methoxy groups -OCH3 is 1. The maximum atomic E-state index is 9.28. The van der Waals surface area contributed by atoms with Gasteiger partial charge in [0.05, 0.1) is 19.3 Å². The van der Waals surface area contributed by atoms with E-state index in [0.29, 0.717) is 18.2 Å². The van der Waals surface area contributed by atoms with Gasteiger partial charge in [0.1, 0.15) is 0 Å². The molecule has 4 heteroatoms. The Balaban J connectivity index is 2.81. The molecule has 1 atom stereocenters. The average Bonchev–Trinajstić information content (AvgIpc) is 2.25. The first-order chi connectivity index (χ1) is 8.01. The van der Waals surface area contributed by atoms with E-state index in [-0.39, 0.29) is 12.2 Å². The lowest BCUT2D eigenvalue weighted by molar-refractivity contribution is 0.184. The Morgan fingerprint density at radius 2 is 1.88 bits per heavy atom. The fraction of sp³-hybridized carbons (Fsp3) is 0.615. The number of nitrogens with zero attached hydrogens (tertiary/aromatic N) is 1. The van der Waals surface area contributed by atoms with Crippen molar-refractivity contribution in [3.05, 3.63) is 17.7 Å². The SMILES string of the molecule is COc1cc(CCC(C)O)cc(OC(C)C)n1. The van der Waals surface area contributed by atoms with Crippen LogP contribution in [0, 0.1) is 0 Å². The first-order valence-corrected chi connectivity index (χ1v) is 5.91. The number of aromatic nitrogens is 1. The van der Waals surface area contributed by atoms with Crippen molar-refractivity contribution < 1.29 is 14.6 Å². The minimum Gasteiger partial charge on any atom is -0.481 e. The summed E-state index contributed by atoms with van der Waals surface area (Å²) in [7, 11) is 1.58. The topological polar surface area (TPSA) is 51.6 Å². The van der Waals surface area contributed by atoms with Crippen molar-refractivity contribution in [1.82, 2.24) is 4.98 Å². The highest BCUT2D eigenvalue weighted by Crippen LogP contribution is 2.20. The van der Waals surface area contributed by atoms with Crippen LogP contribution in [-0.4, -0.2) is 29.4 Å². The van der Waals surface area contributed by atoms with Gasteiger partial charge in [0.25, 0.3) is 0 Å². The van der Waals surface area contributed by atoms with Gasteiger partial charge in [0, 0.05) is 12.1 Å². The molecule has 1 N–H and O–H groups in total. The summed E-state index contributed by atoms with van der Waals surface area (Å²) in [4.78, 5) is 4.21. The lowest BCUT2D eigenvalue weighted by Crippen LogP contribution is -2.08. The van der Waals surface area contributed by atoms with Crippen molar-refractivity contribution in [1.29, 1.82) is 0 Å². The number of rotatable bonds is 6. The molecule has 0 spiro atoms. The fourth-order valence-corrected chi connectivity index (χ4v) is 1.46. The number of hydrogen-bond donors (Lipinski definition) is 1. The van der Waals surface area contributed by atoms with Gasteiger partial charge in [-0.2, -0.15) is 4.98 Å². The third kappa shape index (κ3) is 5.04. The van der Waals surface area contributed by atoms with Crippen LogP contribution in [0.5, 0.6) is 11.8 Å². The summed E-state index contributed by atoms with van der Waals surface area (Å²) in [6.45, 7) is 5.69. The molecular weight excluding hydrogens is 218 g/mol. The molecule has 0 bridgehead atoms. The lowest BCUT2D eigenvalue weighted by Gasteiger charge is -2.12. The normalized spacial score (nSPS) is 12.6. The maximum Gasteiger partial charge on any atom is 0.217 e. The number of aliphatic hydroxyl groups excluding tert-OH is 1. The molecule has 1 aromatic heterocycles. The number of ether oxygens (including phenoxy) is 2. The molecule has 0 saturated carbocycles. The standard InChI is InChI=1S/C13H21NO3/c1-9(2)17-13-8-11(6-5-10(3)15)7-12(14-13)16-4/h7-10,15H,5-6H2,1-4H3. The van der Waals surface area contributed by atoms with Crippen LogP contribution in [0.15, 0.2) is 12.1 Å². The van der Waals surface area contributed by atoms with Gasteiger partial charge >= 0.3 is 0 Å². The van der Waals surface area contributed by atoms with E-state index in [2.05, 4.69) is 4.98 Å². The molecule has 0 fully saturated rings. The van der Waals surface area contributed by atoms with Gasteiger partial charge in [-0.3, -0.25) is 0 Å². The smallest absolute Gasteiger partial charge is 0.217 e. The molecule has 0 aliphatic heterocycles. The molecule has 0 saturated heterocycles. The molecular formula is C13H21NO3. The van der Waals surface area contributed by atoms with Gasteiger partial charge in [-0.05, 0) is 39.2 Å². The summed E-state index contributed by atoms with van der Waals surface area (Å²) < 4.78 is 10.7. The van der Waals surface area contributed by atoms with Crippen LogP contribution in [0.4, 0.5) is 0 Å². The van der Waals surface area contributed by atoms with E-state index in [1.807, 2.05) is 26.0 Å². The Bertz CT molecular complexity index is 351. The Kier molecular flexibility index (Phi) is 5.22. The summed E-state index contributed by atoms with van der Waals surface area (Å²) in [6.07, 6.45) is 1.28. The van der Waals surface area contributed by atoms with Gasteiger partial charge in [0.2, 0.25) is 11.8 Å². The van der Waals surface area contributed by atoms with E-state index in [4.69, 9.17) is 9.47 Å². The Morgan fingerprint density at radius 1 is 1.24 bits per heavy atom. The number of pyridine rings is 1. The Morgan fingerprint density at radius 3 is 2.41 bits per heavy atom. The number of aryl methyl sites for hydroxylation is 1. The van der Waals surface area contributed by atoms with Crippen LogP contribution >= 0.6 is 0 Å². The lowest BCUT2D eigenvalue weighted by atomic mass is 10.1. The average molecular weight is 239 g/mol. The fourth-order valence-electron chi connectivity index (χ4n) is 1.46. The van der Waals surface area contributed by atoms with Crippen molar-refractivity contribution in [3.63, 3.8) is 0 Å². The largest absolute Gasteiger partial charge is 0.481 e. The molecule has 1 unspecified atom stereocenters. The van der Waals surface area contributed by atoms with Gasteiger partial charge in [-0.15, -0.1) is 0 Å². The maximum absolute atomic E-state index is 9.28. The summed E-state index contributed by atoms with van der Waals surface area (Å²) in [5, 5.41) is 9.28. The van der Waals surface area contributed by atoms with Crippen molar-refractivity contribution in [3.8, 4) is 11.8 Å². The highest BCUT2D eigenvalue weighted by molar-refractivity contribution is 5.28. The minimum atomic E-state index is -0.302. The molecule has 4 nitrogen and oxygen atoms in total. The molecule has 0 aromatic carbocycles. The third-order valence-corrected chi connectivity index (χ3v) is 2.25. The molecule has 1 aromatic rings. The van der Waals surface area contributed by atoms with Crippen LogP contribution in [0.3, 0.4) is 0 Å². The van der Waals surface area contributed by atoms with Gasteiger partial charge in [0.15, 0.2) is 0 Å². The second-order valence-corrected chi connectivity index (χ2v) is 4.41. The highest BCUT2D eigenvalue weighted by atomic mass is 16.5. The third-order valence-electron chi connectivity index (χ3n) is 2.25. The Labute approximate surface area is 103 Å². The molecule has 0 aliphatic carbocycles. The quantitative estimate of drug-likeness (QED) is 0.826. The molecule has 96 valence electrons. The zero-order valence-electron chi connectivity index (χ0n) is 10.9. The summed E-state index contributed by atoms with van der Waals surface area (Å²) >= 11 is 0. The van der Waals surface area contributed by atoms with Crippen LogP contribution < -0.4 is 9.47 Å². The van der Waals surface area contributed by atoms with Gasteiger partial charge in [-0.1, -0.05) is 0 Å². The van der Waals surface area contributed by atoms with Crippen molar-refractivity contribution in [2.45, 2.75) is 45.8 Å². The van der Waals surface area contributed by atoms with E-state index < -0.39 is 0 Å². The highest BCUT2D eigenvalue weighted by Gasteiger charge is 2.07. The summed E-state index contributed by atoms with van der Waals surface area (Å²) in [5.74, 6) is 1.11. The predicted molar refractivity (Wildman–Crippen MR) is 66.6 cm³/mol. The number of aliphatic hydroxyl groups is 1. The molecule has 1 rings (SSSR count). The monoisotopic (exact) mass is 239 g/mol. The summed E-state index contributed by atoms with van der Waals surface area (Å²) in [6, 6.07) is 3.76. The van der Waals surface area contributed by atoms with Crippen molar-refractivity contribution in [2.75, 3.05) is 7.11 Å². The zero-order valence-corrected chi connectivity index (χ0v) is 10.9. The van der Waals surface area contributed by atoms with Crippen LogP contribution in [-0.2, 0) is 6.42 Å². The molecule has 0 radical (unpaired) electrons. The molecule has 1 heterocycles. The molecule has 0 aliphatic rings. The van der Waals surface area contributed by atoms with Crippen molar-refractivity contribution >= 4 is 0 Å². The van der Waals surface area contributed by atoms with E-state index in [1.165, 1.54) is 0 Å². The Hall–Kier alpha value is -1.29. The molecule has 17 heavy (non-hydrogen) atoms. The predicted octanol–water partition coefficient (Wildman–Crippen LogP) is 2.19. The second-order valence-electron chi connectivity index (χ2n) is 4.41. The van der Waals surface area contributed by atoms with E-state index in [9.17, 15) is 5.11 Å². The van der Waals surface area contributed by atoms with Gasteiger partial charge < -0.3 is 14.6 Å². The number of hydrogen-bond acceptors (Lipinski definition) is 4. The minimum absolute atomic E-state index is 0.0826. The zero-order chi connectivity index (χ0) is 12.8. The van der Waals surface area contributed by atoms with E-state index >= 15 is 0 Å². The first-order valence-electron chi connectivity index (χ1n) is 5.91. The van der Waals surface area contributed by atoms with E-state index in [1.54, 1.807) is 14.0 Å². The molecule has 0 amide bonds. The summed E-state index contributed by atoms with van der Waals surface area (Å²) in [5.41, 5.74) is 1.06. The van der Waals surface area contributed by atoms with Crippen molar-refractivity contribution in [2.24, 2.45) is 0 Å². The van der Waals surface area contributed by atoms with E-state index in [0.717, 1.165) is 12.0 Å². The van der Waals surface area contributed by atoms with Crippen LogP contribution in [0.25, 0.3) is 0 Å². The van der Waals surface area contributed by atoms with Gasteiger partial charge in [-0.25, -0.2) is 0 Å². The second kappa shape index (κ2) is 6.45. The van der Waals surface area contributed by atoms with Crippen LogP contribution in [0.2, 0.25) is 0 Å². The van der Waals surface area contributed by atoms with Crippen LogP contribution in [0.1, 0.15) is 32.8 Å².